The molecule has 0 atom stereocenters. The van der Waals surface area contributed by atoms with E-state index in [4.69, 9.17) is 16.4 Å². The Kier molecular flexibility index (Phi) is 3.26. The van der Waals surface area contributed by atoms with Crippen LogP contribution >= 0.6 is 0 Å². The first-order valence-electron chi connectivity index (χ1n) is 1.82. The molecule has 0 unspecified atom stereocenters. The number of hydroxylamine groups is 1. The van der Waals surface area contributed by atoms with E-state index in [0.717, 1.165) is 0 Å². The third-order valence-corrected chi connectivity index (χ3v) is 0.457. The normalized spacial score (nSPS) is 8.29. The summed E-state index contributed by atoms with van der Waals surface area (Å²) in [5, 5.41) is 14.6. The molecule has 0 aliphatic carbocycles. The fraction of sp³-hybridized carbons (Fsp3) is 0.333. The third-order valence-electron chi connectivity index (χ3n) is 0.457. The van der Waals surface area contributed by atoms with Crippen LogP contribution in [0, 0.1) is 12.0 Å². The summed E-state index contributed by atoms with van der Waals surface area (Å²) < 4.78 is 0. The van der Waals surface area contributed by atoms with Gasteiger partial charge in [0.05, 0.1) is 0 Å². The first kappa shape index (κ1) is 6.39. The minimum absolute atomic E-state index is 0.00231. The van der Waals surface area contributed by atoms with Crippen LogP contribution < -0.4 is 11.2 Å². The number of amidine groups is 1. The van der Waals surface area contributed by atoms with Gasteiger partial charge in [0.15, 0.2) is 0 Å². The van der Waals surface area contributed by atoms with Crippen molar-refractivity contribution in [2.24, 2.45) is 5.73 Å². The average molecular weight is 102 g/mol. The molecule has 0 rings (SSSR count). The average Bonchev–Trinajstić information content (AvgIpc) is 1.68. The topological polar surface area (TPSA) is 82.1 Å². The van der Waals surface area contributed by atoms with Crippen molar-refractivity contribution in [3.63, 3.8) is 0 Å². The zero-order valence-corrected chi connectivity index (χ0v) is 3.81. The lowest BCUT2D eigenvalue weighted by atomic mass is 10.4. The molecule has 0 bridgehead atoms. The van der Waals surface area contributed by atoms with E-state index in [1.807, 2.05) is 0 Å². The summed E-state index contributed by atoms with van der Waals surface area (Å²) >= 11 is 0. The Morgan fingerprint density at radius 1 is 2.00 bits per heavy atom. The van der Waals surface area contributed by atoms with E-state index < -0.39 is 0 Å². The molecule has 4 heteroatoms. The monoisotopic (exact) mass is 102 g/mol. The van der Waals surface area contributed by atoms with Crippen LogP contribution in [0.1, 0.15) is 6.42 Å². The number of hydrogen-bond donors (Lipinski definition) is 4. The first-order valence-corrected chi connectivity index (χ1v) is 1.82. The lowest BCUT2D eigenvalue weighted by Crippen LogP contribution is -2.18. The van der Waals surface area contributed by atoms with E-state index in [0.29, 0.717) is 0 Å². The van der Waals surface area contributed by atoms with Crippen LogP contribution in [0.25, 0.3) is 0 Å². The smallest absolute Gasteiger partial charge is 0.119 e. The van der Waals surface area contributed by atoms with Gasteiger partial charge in [-0.1, -0.05) is 0 Å². The van der Waals surface area contributed by atoms with E-state index in [1.54, 1.807) is 5.48 Å². The van der Waals surface area contributed by atoms with Crippen molar-refractivity contribution in [3.05, 3.63) is 6.54 Å². The second kappa shape index (κ2) is 3.58. The van der Waals surface area contributed by atoms with E-state index in [-0.39, 0.29) is 12.3 Å². The van der Waals surface area contributed by atoms with Crippen molar-refractivity contribution in [2.45, 2.75) is 6.42 Å². The standard InChI is InChI=1S/C3H8N3O/c4-2-1-3(5)6-7/h2,7H,1,4H2,(H2,5,6). The van der Waals surface area contributed by atoms with Crippen molar-refractivity contribution < 1.29 is 5.21 Å². The molecule has 0 aliphatic heterocycles. The molecule has 41 valence electrons. The summed E-state index contributed by atoms with van der Waals surface area (Å²) in [5.41, 5.74) is 6.53. The molecule has 0 saturated carbocycles. The van der Waals surface area contributed by atoms with Gasteiger partial charge in [0, 0.05) is 13.0 Å². The minimum atomic E-state index is 0.00231. The largest absolute Gasteiger partial charge is 0.326 e. The number of rotatable bonds is 2. The Morgan fingerprint density at radius 2 is 2.57 bits per heavy atom. The predicted octanol–water partition coefficient (Wildman–Crippen LogP) is -0.547. The van der Waals surface area contributed by atoms with Crippen molar-refractivity contribution >= 4 is 5.84 Å². The molecule has 0 aromatic heterocycles. The fourth-order valence-corrected chi connectivity index (χ4v) is 0.163. The van der Waals surface area contributed by atoms with Crippen LogP contribution in [0.4, 0.5) is 0 Å². The van der Waals surface area contributed by atoms with E-state index in [1.165, 1.54) is 6.54 Å². The molecule has 0 amide bonds. The van der Waals surface area contributed by atoms with Crippen LogP contribution in [0.3, 0.4) is 0 Å². The molecule has 5 N–H and O–H groups in total. The van der Waals surface area contributed by atoms with Gasteiger partial charge in [-0.3, -0.25) is 16.1 Å². The second-order valence-electron chi connectivity index (χ2n) is 1.03. The molecule has 0 fully saturated rings. The second-order valence-corrected chi connectivity index (χ2v) is 1.03. The summed E-state index contributed by atoms with van der Waals surface area (Å²) in [5.74, 6) is 0.00231. The number of nitrogens with one attached hydrogen (secondary N) is 2. The summed E-state index contributed by atoms with van der Waals surface area (Å²) in [6, 6.07) is 0. The maximum absolute atomic E-state index is 7.92. The summed E-state index contributed by atoms with van der Waals surface area (Å²) in [7, 11) is 0. The Balaban J connectivity index is 3.00. The van der Waals surface area contributed by atoms with E-state index in [9.17, 15) is 0 Å². The van der Waals surface area contributed by atoms with Gasteiger partial charge in [-0.25, -0.2) is 0 Å². The lowest BCUT2D eigenvalue weighted by Gasteiger charge is -1.94. The van der Waals surface area contributed by atoms with Crippen molar-refractivity contribution in [1.29, 1.82) is 5.41 Å². The van der Waals surface area contributed by atoms with Crippen molar-refractivity contribution in [1.82, 2.24) is 5.48 Å². The van der Waals surface area contributed by atoms with Crippen LogP contribution in [0.2, 0.25) is 0 Å². The van der Waals surface area contributed by atoms with Gasteiger partial charge in [-0.15, -0.1) is 0 Å². The molecule has 0 aromatic rings. The van der Waals surface area contributed by atoms with Gasteiger partial charge in [0.25, 0.3) is 0 Å². The maximum Gasteiger partial charge on any atom is 0.119 e. The highest BCUT2D eigenvalue weighted by Crippen LogP contribution is 1.74. The quantitative estimate of drug-likeness (QED) is 0.214. The van der Waals surface area contributed by atoms with Crippen molar-refractivity contribution in [2.75, 3.05) is 0 Å². The predicted molar refractivity (Wildman–Crippen MR) is 25.8 cm³/mol. The SMILES string of the molecule is N=C(C[CH]N)NO. The summed E-state index contributed by atoms with van der Waals surface area (Å²) in [4.78, 5) is 0. The Hall–Kier alpha value is -0.610. The molecule has 0 spiro atoms. The molecule has 4 nitrogen and oxygen atoms in total. The van der Waals surface area contributed by atoms with Gasteiger partial charge in [-0.05, 0) is 0 Å². The van der Waals surface area contributed by atoms with E-state index >= 15 is 0 Å². The third kappa shape index (κ3) is 3.21. The summed E-state index contributed by atoms with van der Waals surface area (Å²) in [6.45, 7) is 1.28. The molecular weight excluding hydrogens is 94.1 g/mol. The highest BCUT2D eigenvalue weighted by Gasteiger charge is 1.86. The first-order chi connectivity index (χ1) is 3.31. The highest BCUT2D eigenvalue weighted by molar-refractivity contribution is 5.78. The van der Waals surface area contributed by atoms with Gasteiger partial charge in [-0.2, -0.15) is 0 Å². The minimum Gasteiger partial charge on any atom is -0.326 e. The highest BCUT2D eigenvalue weighted by atomic mass is 16.5. The molecule has 0 aromatic carbocycles. The maximum atomic E-state index is 7.92. The molecular formula is C3H8N3O. The molecule has 7 heavy (non-hydrogen) atoms. The zero-order chi connectivity index (χ0) is 5.70. The van der Waals surface area contributed by atoms with E-state index in [2.05, 4.69) is 0 Å². The Bertz CT molecular complexity index is 63.2. The number of nitrogens with two attached hydrogens (primary N) is 1. The fourth-order valence-electron chi connectivity index (χ4n) is 0.163. The lowest BCUT2D eigenvalue weighted by molar-refractivity contribution is 0.231. The van der Waals surface area contributed by atoms with Crippen LogP contribution in [-0.2, 0) is 0 Å². The van der Waals surface area contributed by atoms with Gasteiger partial charge >= 0.3 is 0 Å². The molecule has 1 radical (unpaired) electrons. The van der Waals surface area contributed by atoms with Gasteiger partial charge in [0.1, 0.15) is 5.84 Å². The van der Waals surface area contributed by atoms with Gasteiger partial charge < -0.3 is 5.73 Å². The van der Waals surface area contributed by atoms with Crippen molar-refractivity contribution in [3.8, 4) is 0 Å². The van der Waals surface area contributed by atoms with Crippen LogP contribution in [0.15, 0.2) is 0 Å². The molecule has 0 heterocycles. The molecule has 0 saturated heterocycles. The Labute approximate surface area is 41.8 Å². The van der Waals surface area contributed by atoms with Crippen LogP contribution in [0.5, 0.6) is 0 Å². The Morgan fingerprint density at radius 3 is 2.71 bits per heavy atom. The zero-order valence-electron chi connectivity index (χ0n) is 3.81. The van der Waals surface area contributed by atoms with Gasteiger partial charge in [0.2, 0.25) is 0 Å². The number of hydrogen-bond acceptors (Lipinski definition) is 3. The van der Waals surface area contributed by atoms with Crippen LogP contribution in [-0.4, -0.2) is 11.0 Å². The molecule has 0 aliphatic rings. The summed E-state index contributed by atoms with van der Waals surface area (Å²) in [6.07, 6.45) is 0.274.